The third-order valence-corrected chi connectivity index (χ3v) is 5.00. The SMILES string of the molecule is O=C(C=Cc1c(Cl)cccc1Cl)Nc1ccc(NC(=O)CCN2C(=O)CNC2=O)cc1. The molecule has 0 saturated carbocycles. The van der Waals surface area contributed by atoms with E-state index < -0.39 is 6.03 Å². The van der Waals surface area contributed by atoms with Gasteiger partial charge < -0.3 is 16.0 Å². The van der Waals surface area contributed by atoms with Gasteiger partial charge in [-0.1, -0.05) is 29.3 Å². The summed E-state index contributed by atoms with van der Waals surface area (Å²) in [5.41, 5.74) is 1.59. The van der Waals surface area contributed by atoms with Crippen LogP contribution in [0.15, 0.2) is 48.5 Å². The van der Waals surface area contributed by atoms with Gasteiger partial charge in [-0.15, -0.1) is 0 Å². The van der Waals surface area contributed by atoms with Crippen LogP contribution in [0.1, 0.15) is 12.0 Å². The Kier molecular flexibility index (Phi) is 7.28. The lowest BCUT2D eigenvalue weighted by atomic mass is 10.2. The van der Waals surface area contributed by atoms with Crippen molar-refractivity contribution in [3.8, 4) is 0 Å². The number of urea groups is 1. The van der Waals surface area contributed by atoms with Gasteiger partial charge in [-0.25, -0.2) is 4.79 Å². The Labute approximate surface area is 188 Å². The summed E-state index contributed by atoms with van der Waals surface area (Å²) < 4.78 is 0. The van der Waals surface area contributed by atoms with Crippen molar-refractivity contribution in [2.45, 2.75) is 6.42 Å². The molecule has 3 N–H and O–H groups in total. The lowest BCUT2D eigenvalue weighted by Gasteiger charge is -2.12. The number of nitrogens with one attached hydrogen (secondary N) is 3. The predicted molar refractivity (Wildman–Crippen MR) is 119 cm³/mol. The average Bonchev–Trinajstić information content (AvgIpc) is 3.05. The Morgan fingerprint density at radius 1 is 1.00 bits per heavy atom. The summed E-state index contributed by atoms with van der Waals surface area (Å²) in [6, 6.07) is 11.1. The summed E-state index contributed by atoms with van der Waals surface area (Å²) in [7, 11) is 0. The first-order chi connectivity index (χ1) is 14.8. The van der Waals surface area contributed by atoms with Crippen LogP contribution in [0.25, 0.3) is 6.08 Å². The number of halogens is 2. The fourth-order valence-electron chi connectivity index (χ4n) is 2.77. The van der Waals surface area contributed by atoms with E-state index in [4.69, 9.17) is 23.2 Å². The Morgan fingerprint density at radius 2 is 1.61 bits per heavy atom. The largest absolute Gasteiger partial charge is 0.329 e. The van der Waals surface area contributed by atoms with E-state index in [1.165, 1.54) is 12.2 Å². The Balaban J connectivity index is 1.50. The summed E-state index contributed by atoms with van der Waals surface area (Å²) >= 11 is 12.1. The summed E-state index contributed by atoms with van der Waals surface area (Å²) in [6.45, 7) is -0.0410. The van der Waals surface area contributed by atoms with Crippen molar-refractivity contribution in [1.82, 2.24) is 10.2 Å². The number of rotatable bonds is 7. The van der Waals surface area contributed by atoms with Crippen LogP contribution in [0.5, 0.6) is 0 Å². The summed E-state index contributed by atoms with van der Waals surface area (Å²) in [5.74, 6) is -1.08. The second kappa shape index (κ2) is 10.1. The molecular weight excluding hydrogens is 443 g/mol. The van der Waals surface area contributed by atoms with Crippen LogP contribution < -0.4 is 16.0 Å². The molecule has 2 aromatic carbocycles. The maximum atomic E-state index is 12.1. The first kappa shape index (κ1) is 22.3. The van der Waals surface area contributed by atoms with Gasteiger partial charge in [-0.05, 0) is 42.5 Å². The molecule has 0 unspecified atom stereocenters. The normalized spacial score (nSPS) is 13.4. The minimum absolute atomic E-state index is 0.00637. The number of carbonyl (C=O) groups is 4. The van der Waals surface area contributed by atoms with Crippen LogP contribution >= 0.6 is 23.2 Å². The van der Waals surface area contributed by atoms with E-state index in [9.17, 15) is 19.2 Å². The zero-order chi connectivity index (χ0) is 22.4. The highest BCUT2D eigenvalue weighted by molar-refractivity contribution is 6.37. The van der Waals surface area contributed by atoms with Crippen molar-refractivity contribution in [3.63, 3.8) is 0 Å². The quantitative estimate of drug-likeness (QED) is 0.433. The summed E-state index contributed by atoms with van der Waals surface area (Å²) in [4.78, 5) is 48.1. The van der Waals surface area contributed by atoms with Crippen LogP contribution in [0.4, 0.5) is 16.2 Å². The van der Waals surface area contributed by atoms with Crippen molar-refractivity contribution >= 4 is 64.4 Å². The lowest BCUT2D eigenvalue weighted by Crippen LogP contribution is -2.33. The third kappa shape index (κ3) is 6.07. The molecule has 1 aliphatic rings. The fraction of sp³-hybridized carbons (Fsp3) is 0.143. The number of anilines is 2. The van der Waals surface area contributed by atoms with Crippen LogP contribution in [0.2, 0.25) is 10.0 Å². The predicted octanol–water partition coefficient (Wildman–Crippen LogP) is 3.53. The molecule has 1 fully saturated rings. The van der Waals surface area contributed by atoms with Crippen LogP contribution in [0.3, 0.4) is 0 Å². The second-order valence-corrected chi connectivity index (χ2v) is 7.35. The number of benzene rings is 2. The van der Waals surface area contributed by atoms with Gasteiger partial charge >= 0.3 is 6.03 Å². The number of carbonyl (C=O) groups excluding carboxylic acids is 4. The molecule has 1 aliphatic heterocycles. The van der Waals surface area contributed by atoms with Gasteiger partial charge in [0, 0.05) is 46.0 Å². The second-order valence-electron chi connectivity index (χ2n) is 6.54. The smallest absolute Gasteiger partial charge is 0.324 e. The van der Waals surface area contributed by atoms with E-state index in [-0.39, 0.29) is 37.2 Å². The van der Waals surface area contributed by atoms with Crippen LogP contribution in [0, 0.1) is 0 Å². The van der Waals surface area contributed by atoms with Crippen molar-refractivity contribution in [2.24, 2.45) is 0 Å². The average molecular weight is 461 g/mol. The van der Waals surface area contributed by atoms with E-state index in [0.29, 0.717) is 27.0 Å². The zero-order valence-electron chi connectivity index (χ0n) is 16.2. The number of imide groups is 1. The molecule has 0 atom stereocenters. The van der Waals surface area contributed by atoms with Gasteiger partial charge in [-0.2, -0.15) is 0 Å². The number of nitrogens with zero attached hydrogens (tertiary/aromatic N) is 1. The zero-order valence-corrected chi connectivity index (χ0v) is 17.7. The highest BCUT2D eigenvalue weighted by Gasteiger charge is 2.28. The van der Waals surface area contributed by atoms with Gasteiger partial charge in [0.15, 0.2) is 0 Å². The van der Waals surface area contributed by atoms with Gasteiger partial charge in [0.05, 0.1) is 6.54 Å². The molecule has 0 aromatic heterocycles. The van der Waals surface area contributed by atoms with E-state index in [1.807, 2.05) is 0 Å². The van der Waals surface area contributed by atoms with E-state index in [0.717, 1.165) is 4.90 Å². The molecule has 1 heterocycles. The van der Waals surface area contributed by atoms with Crippen molar-refractivity contribution < 1.29 is 19.2 Å². The fourth-order valence-corrected chi connectivity index (χ4v) is 3.29. The van der Waals surface area contributed by atoms with Crippen molar-refractivity contribution in [2.75, 3.05) is 23.7 Å². The van der Waals surface area contributed by atoms with Gasteiger partial charge in [-0.3, -0.25) is 19.3 Å². The number of hydrogen-bond donors (Lipinski definition) is 3. The minimum atomic E-state index is -0.497. The molecule has 0 bridgehead atoms. The first-order valence-corrected chi connectivity index (χ1v) is 10.0. The van der Waals surface area contributed by atoms with Gasteiger partial charge in [0.25, 0.3) is 0 Å². The van der Waals surface area contributed by atoms with Crippen molar-refractivity contribution in [3.05, 3.63) is 64.1 Å². The standard InChI is InChI=1S/C21H18Cl2N4O4/c22-16-2-1-3-17(23)15(16)8-9-18(28)25-13-4-6-14(7-5-13)26-19(29)10-11-27-20(30)12-24-21(27)31/h1-9H,10-12H2,(H,24,31)(H,25,28)(H,26,29). The molecule has 5 amide bonds. The maximum Gasteiger partial charge on any atom is 0.324 e. The molecule has 8 nitrogen and oxygen atoms in total. The molecule has 1 saturated heterocycles. The molecular formula is C21H18Cl2N4O4. The summed E-state index contributed by atoms with van der Waals surface area (Å²) in [6.07, 6.45) is 2.82. The Bertz CT molecular complexity index is 1020. The molecule has 31 heavy (non-hydrogen) atoms. The van der Waals surface area contributed by atoms with E-state index in [2.05, 4.69) is 16.0 Å². The molecule has 0 aliphatic carbocycles. The van der Waals surface area contributed by atoms with Crippen LogP contribution in [-0.2, 0) is 14.4 Å². The minimum Gasteiger partial charge on any atom is -0.329 e. The number of amides is 5. The molecule has 0 radical (unpaired) electrons. The molecule has 10 heteroatoms. The summed E-state index contributed by atoms with van der Waals surface area (Å²) in [5, 5.41) is 8.63. The molecule has 2 aromatic rings. The first-order valence-electron chi connectivity index (χ1n) is 9.24. The highest BCUT2D eigenvalue weighted by Crippen LogP contribution is 2.25. The monoisotopic (exact) mass is 460 g/mol. The van der Waals surface area contributed by atoms with E-state index >= 15 is 0 Å². The van der Waals surface area contributed by atoms with Crippen molar-refractivity contribution in [1.29, 1.82) is 0 Å². The van der Waals surface area contributed by atoms with Gasteiger partial charge in [0.2, 0.25) is 17.7 Å². The lowest BCUT2D eigenvalue weighted by molar-refractivity contribution is -0.125. The van der Waals surface area contributed by atoms with E-state index in [1.54, 1.807) is 42.5 Å². The Morgan fingerprint density at radius 3 is 2.19 bits per heavy atom. The molecule has 160 valence electrons. The highest BCUT2D eigenvalue weighted by atomic mass is 35.5. The topological polar surface area (TPSA) is 108 Å². The van der Waals surface area contributed by atoms with Crippen LogP contribution in [-0.4, -0.2) is 41.7 Å². The molecule has 3 rings (SSSR count). The number of hydrogen-bond acceptors (Lipinski definition) is 4. The molecule has 0 spiro atoms. The van der Waals surface area contributed by atoms with Gasteiger partial charge in [0.1, 0.15) is 0 Å². The third-order valence-electron chi connectivity index (χ3n) is 4.34. The maximum absolute atomic E-state index is 12.1. The Hall–Kier alpha value is -3.36.